The maximum Gasteiger partial charge on any atom is 0.339 e. The van der Waals surface area contributed by atoms with Crippen LogP contribution in [0.1, 0.15) is 56.0 Å². The number of para-hydroxylation sites is 1. The molecule has 2 aliphatic rings. The molecule has 21 heavy (non-hydrogen) atoms. The highest BCUT2D eigenvalue weighted by Gasteiger charge is 2.45. The molecule has 1 aliphatic carbocycles. The molecule has 0 aromatic heterocycles. The van der Waals surface area contributed by atoms with Crippen LogP contribution < -0.4 is 5.32 Å². The highest BCUT2D eigenvalue weighted by molar-refractivity contribution is 5.97. The van der Waals surface area contributed by atoms with E-state index in [1.807, 2.05) is 12.1 Å². The van der Waals surface area contributed by atoms with E-state index in [4.69, 9.17) is 4.74 Å². The molecule has 114 valence electrons. The number of nitrogens with one attached hydrogen (secondary N) is 1. The maximum absolute atomic E-state index is 12.1. The molecule has 3 nitrogen and oxygen atoms in total. The highest BCUT2D eigenvalue weighted by Crippen LogP contribution is 2.49. The minimum absolute atomic E-state index is 0.0927. The molecule has 0 spiro atoms. The first kappa shape index (κ1) is 14.4. The Hall–Kier alpha value is -1.51. The number of rotatable bonds is 1. The molecule has 0 saturated heterocycles. The van der Waals surface area contributed by atoms with Gasteiger partial charge in [0, 0.05) is 6.04 Å². The number of methoxy groups -OCH3 is 1. The fourth-order valence-corrected chi connectivity index (χ4v) is 4.31. The zero-order valence-electron chi connectivity index (χ0n) is 13.4. The molecule has 3 rings (SSSR count). The Bertz CT molecular complexity index is 564. The topological polar surface area (TPSA) is 38.3 Å². The summed E-state index contributed by atoms with van der Waals surface area (Å²) in [7, 11) is 1.45. The molecule has 1 N–H and O–H groups in total. The summed E-state index contributed by atoms with van der Waals surface area (Å²) < 4.78 is 4.95. The summed E-state index contributed by atoms with van der Waals surface area (Å²) >= 11 is 0. The average Bonchev–Trinajstić information content (AvgIpc) is 2.45. The number of ether oxygens (including phenoxy) is 1. The molecular formula is C18H25NO2. The Morgan fingerprint density at radius 2 is 2.10 bits per heavy atom. The van der Waals surface area contributed by atoms with Crippen molar-refractivity contribution in [2.24, 2.45) is 11.8 Å². The third-order valence-electron chi connectivity index (χ3n) is 5.53. The Kier molecular flexibility index (Phi) is 3.46. The third-order valence-corrected chi connectivity index (χ3v) is 5.53. The molecule has 1 fully saturated rings. The molecule has 1 aromatic rings. The largest absolute Gasteiger partial charge is 0.465 e. The summed E-state index contributed by atoms with van der Waals surface area (Å²) in [5.74, 6) is 1.13. The minimum atomic E-state index is -0.252. The van der Waals surface area contributed by atoms with Crippen LogP contribution in [-0.4, -0.2) is 19.1 Å². The lowest BCUT2D eigenvalue weighted by Crippen LogP contribution is -2.49. The number of hydrogen-bond donors (Lipinski definition) is 1. The van der Waals surface area contributed by atoms with Gasteiger partial charge in [-0.25, -0.2) is 4.79 Å². The number of anilines is 1. The summed E-state index contributed by atoms with van der Waals surface area (Å²) in [6.07, 6.45) is 3.75. The van der Waals surface area contributed by atoms with Gasteiger partial charge < -0.3 is 10.1 Å². The van der Waals surface area contributed by atoms with Gasteiger partial charge in [0.1, 0.15) is 0 Å². The van der Waals surface area contributed by atoms with Crippen molar-refractivity contribution in [2.45, 2.75) is 51.5 Å². The lowest BCUT2D eigenvalue weighted by Gasteiger charge is -2.50. The van der Waals surface area contributed by atoms with E-state index in [0.717, 1.165) is 11.6 Å². The summed E-state index contributed by atoms with van der Waals surface area (Å²) in [6.45, 7) is 6.97. The van der Waals surface area contributed by atoms with Gasteiger partial charge in [-0.1, -0.05) is 39.3 Å². The van der Waals surface area contributed by atoms with Crippen LogP contribution in [0.2, 0.25) is 0 Å². The first-order chi connectivity index (χ1) is 9.95. The average molecular weight is 287 g/mol. The Balaban J connectivity index is 2.09. The van der Waals surface area contributed by atoms with Crippen molar-refractivity contribution in [1.82, 2.24) is 0 Å². The zero-order chi connectivity index (χ0) is 15.2. The molecule has 1 aliphatic heterocycles. The van der Waals surface area contributed by atoms with Gasteiger partial charge >= 0.3 is 5.97 Å². The summed E-state index contributed by atoms with van der Waals surface area (Å²) in [5.41, 5.74) is 3.00. The van der Waals surface area contributed by atoms with E-state index in [1.54, 1.807) is 0 Å². The van der Waals surface area contributed by atoms with Gasteiger partial charge in [0.05, 0.1) is 18.4 Å². The monoisotopic (exact) mass is 287 g/mol. The van der Waals surface area contributed by atoms with Crippen LogP contribution in [0.5, 0.6) is 0 Å². The molecule has 3 atom stereocenters. The van der Waals surface area contributed by atoms with Crippen molar-refractivity contribution in [3.63, 3.8) is 0 Å². The second-order valence-electron chi connectivity index (χ2n) is 7.22. The minimum Gasteiger partial charge on any atom is -0.465 e. The molecule has 1 aromatic carbocycles. The standard InChI is InChI=1S/C18H25NO2/c1-11-8-9-13-15(10-11)19-16-12(17(20)21-4)6-5-7-14(16)18(13,2)3/h5-7,11,13,15,19H,8-10H2,1-4H3. The van der Waals surface area contributed by atoms with Gasteiger partial charge in [0.2, 0.25) is 0 Å². The van der Waals surface area contributed by atoms with E-state index in [9.17, 15) is 4.79 Å². The first-order valence-electron chi connectivity index (χ1n) is 7.93. The van der Waals surface area contributed by atoms with Crippen molar-refractivity contribution in [3.05, 3.63) is 29.3 Å². The van der Waals surface area contributed by atoms with Crippen LogP contribution in [0.25, 0.3) is 0 Å². The second kappa shape index (κ2) is 5.04. The number of esters is 1. The van der Waals surface area contributed by atoms with Crippen molar-refractivity contribution in [3.8, 4) is 0 Å². The van der Waals surface area contributed by atoms with Gasteiger partial charge in [-0.15, -0.1) is 0 Å². The Morgan fingerprint density at radius 3 is 2.81 bits per heavy atom. The van der Waals surface area contributed by atoms with Crippen LogP contribution in [0.4, 0.5) is 5.69 Å². The van der Waals surface area contributed by atoms with Gasteiger partial charge in [0.25, 0.3) is 0 Å². The lowest BCUT2D eigenvalue weighted by molar-refractivity contribution is 0.0601. The van der Waals surface area contributed by atoms with Crippen LogP contribution in [0.3, 0.4) is 0 Å². The van der Waals surface area contributed by atoms with E-state index >= 15 is 0 Å². The number of benzene rings is 1. The quantitative estimate of drug-likeness (QED) is 0.794. The molecule has 1 heterocycles. The highest BCUT2D eigenvalue weighted by atomic mass is 16.5. The van der Waals surface area contributed by atoms with Crippen LogP contribution in [0.15, 0.2) is 18.2 Å². The SMILES string of the molecule is COC(=O)c1cccc2c1NC1CC(C)CCC1C2(C)C. The normalized spacial score (nSPS) is 29.8. The molecule has 0 bridgehead atoms. The van der Waals surface area contributed by atoms with Crippen molar-refractivity contribution in [2.75, 3.05) is 12.4 Å². The molecule has 3 heteroatoms. The number of hydrogen-bond acceptors (Lipinski definition) is 3. The van der Waals surface area contributed by atoms with Gasteiger partial charge in [-0.3, -0.25) is 0 Å². The van der Waals surface area contributed by atoms with Crippen LogP contribution >= 0.6 is 0 Å². The number of fused-ring (bicyclic) bond motifs is 2. The van der Waals surface area contributed by atoms with Crippen LogP contribution in [0, 0.1) is 11.8 Å². The van der Waals surface area contributed by atoms with Gasteiger partial charge in [-0.05, 0) is 41.7 Å². The Labute approximate surface area is 127 Å². The molecule has 0 radical (unpaired) electrons. The van der Waals surface area contributed by atoms with E-state index in [2.05, 4.69) is 32.2 Å². The predicted octanol–water partition coefficient (Wildman–Crippen LogP) is 3.98. The molecule has 1 saturated carbocycles. The smallest absolute Gasteiger partial charge is 0.339 e. The Morgan fingerprint density at radius 1 is 1.33 bits per heavy atom. The van der Waals surface area contributed by atoms with Crippen molar-refractivity contribution in [1.29, 1.82) is 0 Å². The zero-order valence-corrected chi connectivity index (χ0v) is 13.4. The maximum atomic E-state index is 12.1. The summed E-state index contributed by atoms with van der Waals surface area (Å²) in [6, 6.07) is 6.45. The summed E-state index contributed by atoms with van der Waals surface area (Å²) in [4.78, 5) is 12.1. The third kappa shape index (κ3) is 2.23. The lowest BCUT2D eigenvalue weighted by atomic mass is 9.61. The first-order valence-corrected chi connectivity index (χ1v) is 7.93. The van der Waals surface area contributed by atoms with Gasteiger partial charge in [-0.2, -0.15) is 0 Å². The molecule has 0 amide bonds. The summed E-state index contributed by atoms with van der Waals surface area (Å²) in [5, 5.41) is 3.67. The van der Waals surface area contributed by atoms with E-state index in [0.29, 0.717) is 17.5 Å². The number of carbonyl (C=O) groups is 1. The molecular weight excluding hydrogens is 262 g/mol. The predicted molar refractivity (Wildman–Crippen MR) is 84.7 cm³/mol. The van der Waals surface area contributed by atoms with Gasteiger partial charge in [0.15, 0.2) is 0 Å². The van der Waals surface area contributed by atoms with E-state index < -0.39 is 0 Å². The van der Waals surface area contributed by atoms with E-state index in [-0.39, 0.29) is 11.4 Å². The van der Waals surface area contributed by atoms with Crippen molar-refractivity contribution >= 4 is 11.7 Å². The second-order valence-corrected chi connectivity index (χ2v) is 7.22. The fraction of sp³-hybridized carbons (Fsp3) is 0.611. The van der Waals surface area contributed by atoms with Crippen LogP contribution in [-0.2, 0) is 10.2 Å². The molecule has 3 unspecified atom stereocenters. The number of carbonyl (C=O) groups excluding carboxylic acids is 1. The fourth-order valence-electron chi connectivity index (χ4n) is 4.31. The van der Waals surface area contributed by atoms with Crippen molar-refractivity contribution < 1.29 is 9.53 Å². The van der Waals surface area contributed by atoms with E-state index in [1.165, 1.54) is 31.9 Å².